The van der Waals surface area contributed by atoms with Gasteiger partial charge >= 0.3 is 13.8 Å². The summed E-state index contributed by atoms with van der Waals surface area (Å²) >= 11 is 0. The highest BCUT2D eigenvalue weighted by molar-refractivity contribution is 7.46. The molecule has 0 rings (SSSR count). The predicted octanol–water partition coefficient (Wildman–Crippen LogP) is -2.00. The highest BCUT2D eigenvalue weighted by Gasteiger charge is 2.32. The molecule has 0 heterocycles. The Labute approximate surface area is 107 Å². The number of carbonyl (C=O) groups excluding carboxylic acids is 1. The van der Waals surface area contributed by atoms with Gasteiger partial charge in [-0.3, -0.25) is 4.52 Å². The average molecular weight is 300 g/mol. The SMILES string of the molecule is C=C(O[C@@H]([C@H](O)C=O)[C@H](O)COP(=O)(O)O)C(=O)O. The standard InChI is InChI=1S/C8H13O10P/c1-4(8(12)13)18-7(5(10)2-9)6(11)3-17-19(14,15)16/h2,5-7,10-11H,1,3H2,(H,12,13)(H2,14,15,16)/t5-,6-,7+/m1/s1. The Hall–Kier alpha value is -1.29. The topological polar surface area (TPSA) is 171 Å². The van der Waals surface area contributed by atoms with Gasteiger partial charge < -0.3 is 34.6 Å². The van der Waals surface area contributed by atoms with Crippen molar-refractivity contribution in [1.29, 1.82) is 0 Å². The van der Waals surface area contributed by atoms with E-state index in [2.05, 4.69) is 15.8 Å². The molecule has 0 aromatic rings. The van der Waals surface area contributed by atoms with E-state index in [-0.39, 0.29) is 6.29 Å². The van der Waals surface area contributed by atoms with Gasteiger partial charge in [0.25, 0.3) is 0 Å². The average Bonchev–Trinajstić information content (AvgIpc) is 2.30. The number of carbonyl (C=O) groups is 2. The molecule has 0 aliphatic rings. The van der Waals surface area contributed by atoms with Crippen LogP contribution >= 0.6 is 7.82 Å². The fraction of sp³-hybridized carbons (Fsp3) is 0.500. The lowest BCUT2D eigenvalue weighted by atomic mass is 10.1. The van der Waals surface area contributed by atoms with E-state index < -0.39 is 44.5 Å². The van der Waals surface area contributed by atoms with E-state index in [0.717, 1.165) is 0 Å². The van der Waals surface area contributed by atoms with Crippen molar-refractivity contribution in [1.82, 2.24) is 0 Å². The molecule has 0 saturated carbocycles. The lowest BCUT2D eigenvalue weighted by Gasteiger charge is -2.25. The monoisotopic (exact) mass is 300 g/mol. The number of hydrogen-bond acceptors (Lipinski definition) is 7. The largest absolute Gasteiger partial charge is 0.478 e. The molecule has 110 valence electrons. The summed E-state index contributed by atoms with van der Waals surface area (Å²) in [6.45, 7) is 1.95. The first-order valence-electron chi connectivity index (χ1n) is 4.69. The predicted molar refractivity (Wildman–Crippen MR) is 57.7 cm³/mol. The molecule has 0 aliphatic heterocycles. The zero-order chi connectivity index (χ0) is 15.2. The second-order valence-corrected chi connectivity index (χ2v) is 4.53. The first-order valence-corrected chi connectivity index (χ1v) is 6.22. The Morgan fingerprint density at radius 1 is 1.37 bits per heavy atom. The zero-order valence-corrected chi connectivity index (χ0v) is 10.3. The fourth-order valence-electron chi connectivity index (χ4n) is 0.936. The Balaban J connectivity index is 4.74. The van der Waals surface area contributed by atoms with Gasteiger partial charge in [0.1, 0.15) is 12.2 Å². The van der Waals surface area contributed by atoms with E-state index in [1.165, 1.54) is 0 Å². The number of rotatable bonds is 9. The first kappa shape index (κ1) is 17.7. The van der Waals surface area contributed by atoms with E-state index in [0.29, 0.717) is 0 Å². The van der Waals surface area contributed by atoms with Gasteiger partial charge in [0.05, 0.1) is 6.61 Å². The second-order valence-electron chi connectivity index (χ2n) is 3.29. The van der Waals surface area contributed by atoms with Gasteiger partial charge in [0.2, 0.25) is 0 Å². The summed E-state index contributed by atoms with van der Waals surface area (Å²) in [5.74, 6) is -2.48. The van der Waals surface area contributed by atoms with Crippen LogP contribution in [0.1, 0.15) is 0 Å². The van der Waals surface area contributed by atoms with Crippen LogP contribution in [0.3, 0.4) is 0 Å². The van der Waals surface area contributed by atoms with E-state index in [1.807, 2.05) is 0 Å². The molecule has 0 amide bonds. The summed E-state index contributed by atoms with van der Waals surface area (Å²) in [5, 5.41) is 27.2. The van der Waals surface area contributed by atoms with E-state index in [1.54, 1.807) is 0 Å². The quantitative estimate of drug-likeness (QED) is 0.139. The van der Waals surface area contributed by atoms with Gasteiger partial charge in [0.15, 0.2) is 18.1 Å². The minimum Gasteiger partial charge on any atom is -0.478 e. The maximum Gasteiger partial charge on any atom is 0.469 e. The number of aliphatic hydroxyl groups is 2. The molecule has 0 aliphatic carbocycles. The molecule has 10 nitrogen and oxygen atoms in total. The van der Waals surface area contributed by atoms with Crippen molar-refractivity contribution >= 4 is 20.1 Å². The fourth-order valence-corrected chi connectivity index (χ4v) is 1.28. The number of phosphoric ester groups is 1. The van der Waals surface area contributed by atoms with Crippen LogP contribution in [0, 0.1) is 0 Å². The van der Waals surface area contributed by atoms with Gasteiger partial charge in [-0.2, -0.15) is 0 Å². The Morgan fingerprint density at radius 2 is 1.89 bits per heavy atom. The van der Waals surface area contributed by atoms with Gasteiger partial charge in [0, 0.05) is 0 Å². The molecular formula is C8H13O10P. The minimum absolute atomic E-state index is 0.0551. The van der Waals surface area contributed by atoms with Crippen molar-refractivity contribution in [2.24, 2.45) is 0 Å². The highest BCUT2D eigenvalue weighted by Crippen LogP contribution is 2.36. The van der Waals surface area contributed by atoms with Crippen molar-refractivity contribution in [2.45, 2.75) is 18.3 Å². The van der Waals surface area contributed by atoms with E-state index in [9.17, 15) is 24.4 Å². The summed E-state index contributed by atoms with van der Waals surface area (Å²) in [6, 6.07) is 0. The summed E-state index contributed by atoms with van der Waals surface area (Å²) in [4.78, 5) is 37.7. The molecule has 0 aromatic heterocycles. The molecule has 0 bridgehead atoms. The summed E-state index contributed by atoms with van der Waals surface area (Å²) in [5.41, 5.74) is 0. The number of carboxylic acid groups (broad SMARTS) is 1. The molecule has 11 heteroatoms. The van der Waals surface area contributed by atoms with Gasteiger partial charge in [-0.25, -0.2) is 9.36 Å². The smallest absolute Gasteiger partial charge is 0.469 e. The molecule has 0 spiro atoms. The van der Waals surface area contributed by atoms with Crippen LogP contribution in [0.4, 0.5) is 0 Å². The molecule has 0 radical (unpaired) electrons. The molecule has 3 atom stereocenters. The van der Waals surface area contributed by atoms with Gasteiger partial charge in [-0.05, 0) is 6.58 Å². The summed E-state index contributed by atoms with van der Waals surface area (Å²) < 4.78 is 18.9. The number of aldehydes is 1. The van der Waals surface area contributed by atoms with Crippen LogP contribution in [0.2, 0.25) is 0 Å². The summed E-state index contributed by atoms with van der Waals surface area (Å²) in [6.07, 6.45) is -5.66. The van der Waals surface area contributed by atoms with Crippen LogP contribution in [-0.2, 0) is 23.4 Å². The van der Waals surface area contributed by atoms with Crippen LogP contribution in [0.5, 0.6) is 0 Å². The van der Waals surface area contributed by atoms with Crippen LogP contribution in [0.15, 0.2) is 12.3 Å². The molecule has 0 aromatic carbocycles. The lowest BCUT2D eigenvalue weighted by molar-refractivity contribution is -0.146. The Morgan fingerprint density at radius 3 is 2.26 bits per heavy atom. The third kappa shape index (κ3) is 7.01. The summed E-state index contributed by atoms with van der Waals surface area (Å²) in [7, 11) is -4.88. The molecule has 0 fully saturated rings. The third-order valence-corrected chi connectivity index (χ3v) is 2.27. The van der Waals surface area contributed by atoms with Crippen molar-refractivity contribution in [3.05, 3.63) is 12.3 Å². The second kappa shape index (κ2) is 7.34. The van der Waals surface area contributed by atoms with Gasteiger partial charge in [-0.1, -0.05) is 0 Å². The van der Waals surface area contributed by atoms with Crippen molar-refractivity contribution in [3.8, 4) is 0 Å². The van der Waals surface area contributed by atoms with Crippen molar-refractivity contribution in [2.75, 3.05) is 6.61 Å². The van der Waals surface area contributed by atoms with Crippen LogP contribution in [0.25, 0.3) is 0 Å². The zero-order valence-electron chi connectivity index (χ0n) is 9.45. The number of aliphatic carboxylic acids is 1. The maximum atomic E-state index is 10.5. The van der Waals surface area contributed by atoms with Crippen molar-refractivity contribution < 1.29 is 48.5 Å². The first-order chi connectivity index (χ1) is 8.58. The maximum absolute atomic E-state index is 10.5. The number of aliphatic hydroxyl groups excluding tert-OH is 2. The minimum atomic E-state index is -4.88. The highest BCUT2D eigenvalue weighted by atomic mass is 31.2. The number of phosphoric acid groups is 1. The number of hydrogen-bond donors (Lipinski definition) is 5. The molecular weight excluding hydrogens is 287 g/mol. The van der Waals surface area contributed by atoms with Gasteiger partial charge in [-0.15, -0.1) is 0 Å². The van der Waals surface area contributed by atoms with E-state index >= 15 is 0 Å². The van der Waals surface area contributed by atoms with Crippen LogP contribution in [-0.4, -0.2) is 62.3 Å². The lowest BCUT2D eigenvalue weighted by Crippen LogP contribution is -2.43. The normalized spacial score (nSPS) is 16.2. The Kier molecular flexibility index (Phi) is 6.84. The molecule has 5 N–H and O–H groups in total. The Bertz CT molecular complexity index is 387. The molecule has 19 heavy (non-hydrogen) atoms. The molecule has 0 unspecified atom stereocenters. The van der Waals surface area contributed by atoms with Crippen LogP contribution < -0.4 is 0 Å². The third-order valence-electron chi connectivity index (χ3n) is 1.79. The molecule has 0 saturated heterocycles. The number of ether oxygens (including phenoxy) is 1. The number of carboxylic acids is 1. The van der Waals surface area contributed by atoms with Crippen molar-refractivity contribution in [3.63, 3.8) is 0 Å². The van der Waals surface area contributed by atoms with E-state index in [4.69, 9.17) is 14.9 Å².